The van der Waals surface area contributed by atoms with Gasteiger partial charge < -0.3 is 23.9 Å². The smallest absolute Gasteiger partial charge is 0.257 e. The van der Waals surface area contributed by atoms with E-state index < -0.39 is 0 Å². The van der Waals surface area contributed by atoms with E-state index >= 15 is 0 Å². The summed E-state index contributed by atoms with van der Waals surface area (Å²) in [4.78, 5) is 27.0. The molecule has 0 radical (unpaired) electrons. The number of morpholine rings is 1. The van der Waals surface area contributed by atoms with Gasteiger partial charge in [0.1, 0.15) is 0 Å². The summed E-state index contributed by atoms with van der Waals surface area (Å²) >= 11 is 0. The van der Waals surface area contributed by atoms with E-state index in [0.29, 0.717) is 18.7 Å². The average Bonchev–Trinajstić information content (AvgIpc) is 3.20. The molecule has 0 aliphatic carbocycles. The number of anilines is 1. The van der Waals surface area contributed by atoms with Gasteiger partial charge in [-0.05, 0) is 30.3 Å². The van der Waals surface area contributed by atoms with E-state index in [2.05, 4.69) is 27.0 Å². The highest BCUT2D eigenvalue weighted by Crippen LogP contribution is 2.21. The SMILES string of the molecule is COCCn1cc(C(=O)Nc2ccc3c(ccn3CCN3CCOCC3)c2)ccc1=O. The Morgan fingerprint density at radius 3 is 2.71 bits per heavy atom. The molecule has 0 spiro atoms. The molecule has 1 aliphatic heterocycles. The fraction of sp³-hybridized carbons (Fsp3) is 0.391. The summed E-state index contributed by atoms with van der Waals surface area (Å²) in [6.45, 7) is 6.29. The van der Waals surface area contributed by atoms with Gasteiger partial charge in [-0.3, -0.25) is 14.5 Å². The minimum atomic E-state index is -0.253. The Morgan fingerprint density at radius 2 is 1.90 bits per heavy atom. The molecule has 31 heavy (non-hydrogen) atoms. The van der Waals surface area contributed by atoms with Crippen molar-refractivity contribution in [3.63, 3.8) is 0 Å². The maximum Gasteiger partial charge on any atom is 0.257 e. The highest BCUT2D eigenvalue weighted by Gasteiger charge is 2.12. The number of fused-ring (bicyclic) bond motifs is 1. The molecular weight excluding hydrogens is 396 g/mol. The summed E-state index contributed by atoms with van der Waals surface area (Å²) in [7, 11) is 1.58. The molecule has 1 fully saturated rings. The zero-order valence-electron chi connectivity index (χ0n) is 17.8. The summed E-state index contributed by atoms with van der Waals surface area (Å²) in [5.74, 6) is -0.253. The molecule has 0 saturated carbocycles. The predicted octanol–water partition coefficient (Wildman–Crippen LogP) is 2.03. The lowest BCUT2D eigenvalue weighted by molar-refractivity contribution is 0.0365. The second-order valence-electron chi connectivity index (χ2n) is 7.63. The zero-order valence-corrected chi connectivity index (χ0v) is 17.8. The van der Waals surface area contributed by atoms with Crippen LogP contribution in [-0.4, -0.2) is 66.5 Å². The zero-order chi connectivity index (χ0) is 21.6. The molecule has 1 N–H and O–H groups in total. The number of ether oxygens (including phenoxy) is 2. The Morgan fingerprint density at radius 1 is 1.06 bits per heavy atom. The number of hydrogen-bond donors (Lipinski definition) is 1. The Labute approximate surface area is 181 Å². The van der Waals surface area contributed by atoms with Crippen molar-refractivity contribution in [3.05, 3.63) is 64.7 Å². The number of rotatable bonds is 8. The first kappa shape index (κ1) is 21.3. The maximum absolute atomic E-state index is 12.7. The third-order valence-electron chi connectivity index (χ3n) is 5.57. The fourth-order valence-corrected chi connectivity index (χ4v) is 3.78. The summed E-state index contributed by atoms with van der Waals surface area (Å²) in [5, 5.41) is 4.00. The summed E-state index contributed by atoms with van der Waals surface area (Å²) in [5.41, 5.74) is 2.13. The van der Waals surface area contributed by atoms with E-state index in [0.717, 1.165) is 56.0 Å². The van der Waals surface area contributed by atoms with Crippen LogP contribution in [-0.2, 0) is 22.6 Å². The number of nitrogens with one attached hydrogen (secondary N) is 1. The van der Waals surface area contributed by atoms with Gasteiger partial charge in [-0.15, -0.1) is 0 Å². The molecule has 1 saturated heterocycles. The Hall–Kier alpha value is -2.94. The number of carbonyl (C=O) groups excluding carboxylic acids is 1. The molecule has 0 unspecified atom stereocenters. The first-order valence-corrected chi connectivity index (χ1v) is 10.5. The van der Waals surface area contributed by atoms with Crippen LogP contribution in [0.15, 0.2) is 53.6 Å². The Kier molecular flexibility index (Phi) is 6.81. The largest absolute Gasteiger partial charge is 0.383 e. The minimum absolute atomic E-state index is 0.159. The van der Waals surface area contributed by atoms with Crippen LogP contribution in [0.4, 0.5) is 5.69 Å². The van der Waals surface area contributed by atoms with Crippen LogP contribution < -0.4 is 10.9 Å². The van der Waals surface area contributed by atoms with Gasteiger partial charge in [0.25, 0.3) is 11.5 Å². The molecular formula is C23H28N4O4. The van der Waals surface area contributed by atoms with Crippen molar-refractivity contribution in [2.45, 2.75) is 13.1 Å². The van der Waals surface area contributed by atoms with Crippen molar-refractivity contribution < 1.29 is 14.3 Å². The standard InChI is InChI=1S/C23H28N4O4/c1-30-13-12-27-17-19(2-5-22(27)28)23(29)24-20-3-4-21-18(16-20)6-7-26(21)9-8-25-10-14-31-15-11-25/h2-7,16-17H,8-15H2,1H3,(H,24,29). The van der Waals surface area contributed by atoms with E-state index in [9.17, 15) is 9.59 Å². The van der Waals surface area contributed by atoms with Gasteiger partial charge in [-0.25, -0.2) is 0 Å². The van der Waals surface area contributed by atoms with Crippen LogP contribution in [0.25, 0.3) is 10.9 Å². The summed E-state index contributed by atoms with van der Waals surface area (Å²) in [6.07, 6.45) is 3.65. The fourth-order valence-electron chi connectivity index (χ4n) is 3.78. The molecule has 1 aliphatic rings. The number of methoxy groups -OCH3 is 1. The molecule has 1 aromatic carbocycles. The van der Waals surface area contributed by atoms with Crippen molar-refractivity contribution in [2.75, 3.05) is 51.9 Å². The van der Waals surface area contributed by atoms with E-state index in [-0.39, 0.29) is 11.5 Å². The van der Waals surface area contributed by atoms with Crippen LogP contribution in [0.2, 0.25) is 0 Å². The van der Waals surface area contributed by atoms with Gasteiger partial charge in [0.05, 0.1) is 25.4 Å². The predicted molar refractivity (Wildman–Crippen MR) is 120 cm³/mol. The molecule has 164 valence electrons. The maximum atomic E-state index is 12.7. The van der Waals surface area contributed by atoms with Gasteiger partial charge in [0.2, 0.25) is 0 Å². The lowest BCUT2D eigenvalue weighted by Crippen LogP contribution is -2.38. The van der Waals surface area contributed by atoms with E-state index in [1.807, 2.05) is 18.2 Å². The number of carbonyl (C=O) groups is 1. The van der Waals surface area contributed by atoms with Gasteiger partial charge in [0.15, 0.2) is 0 Å². The third kappa shape index (κ3) is 5.22. The molecule has 2 aromatic heterocycles. The van der Waals surface area contributed by atoms with Crippen molar-refractivity contribution in [2.24, 2.45) is 0 Å². The molecule has 3 heterocycles. The Bertz CT molecular complexity index is 1100. The number of hydrogen-bond acceptors (Lipinski definition) is 5. The van der Waals surface area contributed by atoms with E-state index in [1.165, 1.54) is 10.6 Å². The third-order valence-corrected chi connectivity index (χ3v) is 5.57. The van der Waals surface area contributed by atoms with Gasteiger partial charge in [-0.2, -0.15) is 0 Å². The molecule has 0 atom stereocenters. The van der Waals surface area contributed by atoms with Gasteiger partial charge in [-0.1, -0.05) is 0 Å². The number of pyridine rings is 1. The molecule has 0 bridgehead atoms. The normalized spacial score (nSPS) is 14.7. The number of benzene rings is 1. The average molecular weight is 425 g/mol. The van der Waals surface area contributed by atoms with Crippen LogP contribution in [0.5, 0.6) is 0 Å². The lowest BCUT2D eigenvalue weighted by atomic mass is 10.2. The second kappa shape index (κ2) is 9.91. The summed E-state index contributed by atoms with van der Waals surface area (Å²) < 4.78 is 14.1. The van der Waals surface area contributed by atoms with Crippen LogP contribution in [0, 0.1) is 0 Å². The first-order valence-electron chi connectivity index (χ1n) is 10.5. The highest BCUT2D eigenvalue weighted by atomic mass is 16.5. The highest BCUT2D eigenvalue weighted by molar-refractivity contribution is 6.04. The van der Waals surface area contributed by atoms with Crippen LogP contribution in [0.3, 0.4) is 0 Å². The van der Waals surface area contributed by atoms with E-state index in [4.69, 9.17) is 9.47 Å². The number of amides is 1. The second-order valence-corrected chi connectivity index (χ2v) is 7.63. The quantitative estimate of drug-likeness (QED) is 0.599. The Balaban J connectivity index is 1.43. The number of aromatic nitrogens is 2. The van der Waals surface area contributed by atoms with Crippen molar-refractivity contribution in [3.8, 4) is 0 Å². The summed E-state index contributed by atoms with van der Waals surface area (Å²) in [6, 6.07) is 10.9. The van der Waals surface area contributed by atoms with Crippen molar-refractivity contribution >= 4 is 22.5 Å². The van der Waals surface area contributed by atoms with Gasteiger partial charge in [0, 0.05) is 74.9 Å². The molecule has 3 aromatic rings. The van der Waals surface area contributed by atoms with Gasteiger partial charge >= 0.3 is 0 Å². The minimum Gasteiger partial charge on any atom is -0.383 e. The van der Waals surface area contributed by atoms with Crippen LogP contribution in [0.1, 0.15) is 10.4 Å². The topological polar surface area (TPSA) is 77.7 Å². The van der Waals surface area contributed by atoms with Crippen molar-refractivity contribution in [1.29, 1.82) is 0 Å². The van der Waals surface area contributed by atoms with Crippen molar-refractivity contribution in [1.82, 2.24) is 14.0 Å². The van der Waals surface area contributed by atoms with Crippen LogP contribution >= 0.6 is 0 Å². The molecule has 1 amide bonds. The lowest BCUT2D eigenvalue weighted by Gasteiger charge is -2.26. The number of nitrogens with zero attached hydrogens (tertiary/aromatic N) is 3. The first-order chi connectivity index (χ1) is 15.1. The molecule has 8 nitrogen and oxygen atoms in total. The molecule has 4 rings (SSSR count). The molecule has 8 heteroatoms. The van der Waals surface area contributed by atoms with E-state index in [1.54, 1.807) is 19.4 Å². The monoisotopic (exact) mass is 424 g/mol.